The van der Waals surface area contributed by atoms with Gasteiger partial charge in [0.15, 0.2) is 0 Å². The molecule has 5 nitrogen and oxygen atoms in total. The first-order valence-corrected chi connectivity index (χ1v) is 9.87. The maximum Gasteiger partial charge on any atom is 0.260 e. The number of benzene rings is 2. The Hall–Kier alpha value is -3.81. The van der Waals surface area contributed by atoms with E-state index in [0.29, 0.717) is 33.2 Å². The largest absolute Gasteiger partial charge is 0.339 e. The highest BCUT2D eigenvalue weighted by Gasteiger charge is 2.27. The minimum atomic E-state index is -0.404. The van der Waals surface area contributed by atoms with E-state index in [-0.39, 0.29) is 12.5 Å². The molecular weight excluding hydrogens is 399 g/mol. The van der Waals surface area contributed by atoms with Crippen molar-refractivity contribution in [2.24, 2.45) is 0 Å². The molecule has 1 aromatic heterocycles. The van der Waals surface area contributed by atoms with E-state index in [4.69, 9.17) is 0 Å². The van der Waals surface area contributed by atoms with Crippen LogP contribution in [0.1, 0.15) is 22.8 Å². The molecule has 1 amide bonds. The number of hydrogen-bond acceptors (Lipinski definition) is 5. The molecule has 0 atom stereocenters. The number of carbonyl (C=O) groups is 1. The number of hydrogen-bond donors (Lipinski definition) is 1. The number of nitrogens with one attached hydrogen (secondary N) is 1. The Morgan fingerprint density at radius 3 is 2.87 bits per heavy atom. The first kappa shape index (κ1) is 19.5. The third-order valence-electron chi connectivity index (χ3n) is 4.49. The van der Waals surface area contributed by atoms with Crippen LogP contribution >= 0.6 is 11.8 Å². The second-order valence-corrected chi connectivity index (χ2v) is 7.46. The Bertz CT molecular complexity index is 1260. The molecule has 30 heavy (non-hydrogen) atoms. The van der Waals surface area contributed by atoms with E-state index in [2.05, 4.69) is 28.2 Å². The predicted molar refractivity (Wildman–Crippen MR) is 114 cm³/mol. The molecule has 1 aliphatic rings. The van der Waals surface area contributed by atoms with Crippen molar-refractivity contribution in [3.63, 3.8) is 0 Å². The Labute approximate surface area is 177 Å². The molecule has 2 heterocycles. The van der Waals surface area contributed by atoms with Crippen LogP contribution in [0, 0.1) is 29.0 Å². The molecule has 7 heteroatoms. The van der Waals surface area contributed by atoms with Gasteiger partial charge in [-0.2, -0.15) is 5.26 Å². The van der Waals surface area contributed by atoms with Gasteiger partial charge in [-0.05, 0) is 55.5 Å². The van der Waals surface area contributed by atoms with E-state index in [1.807, 2.05) is 18.2 Å². The number of nitriles is 1. The third-order valence-corrected chi connectivity index (χ3v) is 5.60. The molecule has 3 aromatic rings. The van der Waals surface area contributed by atoms with Crippen molar-refractivity contribution >= 4 is 34.9 Å². The molecule has 0 aliphatic carbocycles. The first-order valence-electron chi connectivity index (χ1n) is 9.06. The van der Waals surface area contributed by atoms with Gasteiger partial charge in [-0.1, -0.05) is 17.7 Å². The topological polar surface area (TPSA) is 69.0 Å². The monoisotopic (exact) mass is 414 g/mol. The summed E-state index contributed by atoms with van der Waals surface area (Å²) in [7, 11) is 0. The van der Waals surface area contributed by atoms with E-state index in [9.17, 15) is 14.4 Å². The van der Waals surface area contributed by atoms with Gasteiger partial charge in [0.05, 0.1) is 23.4 Å². The highest BCUT2D eigenvalue weighted by Crippen LogP contribution is 2.43. The third kappa shape index (κ3) is 3.71. The zero-order chi connectivity index (χ0) is 21.1. The Balaban J connectivity index is 1.80. The Kier molecular flexibility index (Phi) is 5.38. The molecule has 1 N–H and O–H groups in total. The summed E-state index contributed by atoms with van der Waals surface area (Å²) in [4.78, 5) is 20.3. The van der Waals surface area contributed by atoms with Gasteiger partial charge in [0.1, 0.15) is 17.7 Å². The minimum Gasteiger partial charge on any atom is -0.339 e. The van der Waals surface area contributed by atoms with E-state index in [0.717, 1.165) is 4.90 Å². The van der Waals surface area contributed by atoms with Crippen LogP contribution in [0.15, 0.2) is 64.5 Å². The summed E-state index contributed by atoms with van der Waals surface area (Å²) in [5.41, 5.74) is 2.24. The molecule has 0 saturated heterocycles. The molecule has 4 rings (SSSR count). The van der Waals surface area contributed by atoms with Gasteiger partial charge in [-0.15, -0.1) is 5.92 Å². The molecule has 0 fully saturated rings. The zero-order valence-electron chi connectivity index (χ0n) is 15.9. The van der Waals surface area contributed by atoms with Crippen LogP contribution in [0.25, 0.3) is 0 Å². The predicted octanol–water partition coefficient (Wildman–Crippen LogP) is 4.97. The molecule has 146 valence electrons. The van der Waals surface area contributed by atoms with Crippen LogP contribution in [0.3, 0.4) is 0 Å². The van der Waals surface area contributed by atoms with E-state index < -0.39 is 5.82 Å². The van der Waals surface area contributed by atoms with Crippen LogP contribution in [0.5, 0.6) is 0 Å². The summed E-state index contributed by atoms with van der Waals surface area (Å²) in [5.74, 6) is 5.56. The van der Waals surface area contributed by atoms with Crippen LogP contribution in [0.2, 0.25) is 0 Å². The summed E-state index contributed by atoms with van der Waals surface area (Å²) >= 11 is 1.32. The first-order chi connectivity index (χ1) is 14.6. The van der Waals surface area contributed by atoms with Gasteiger partial charge in [0.2, 0.25) is 0 Å². The van der Waals surface area contributed by atoms with E-state index in [1.165, 1.54) is 30.0 Å². The lowest BCUT2D eigenvalue weighted by Gasteiger charge is -2.21. The summed E-state index contributed by atoms with van der Waals surface area (Å²) in [6, 6.07) is 15.1. The second kappa shape index (κ2) is 8.28. The van der Waals surface area contributed by atoms with Crippen molar-refractivity contribution in [1.82, 2.24) is 4.98 Å². The normalized spacial score (nSPS) is 12.0. The number of amides is 1. The maximum absolute atomic E-state index is 13.9. The van der Waals surface area contributed by atoms with Crippen LogP contribution in [-0.2, 0) is 0 Å². The maximum atomic E-state index is 13.9. The van der Waals surface area contributed by atoms with E-state index in [1.54, 1.807) is 30.2 Å². The summed E-state index contributed by atoms with van der Waals surface area (Å²) < 4.78 is 13.9. The van der Waals surface area contributed by atoms with Crippen molar-refractivity contribution in [1.29, 1.82) is 5.26 Å². The number of anilines is 3. The lowest BCUT2D eigenvalue weighted by molar-refractivity contribution is 0.0987. The fourth-order valence-electron chi connectivity index (χ4n) is 3.07. The summed E-state index contributed by atoms with van der Waals surface area (Å²) in [5, 5.41) is 12.4. The van der Waals surface area contributed by atoms with Gasteiger partial charge >= 0.3 is 0 Å². The lowest BCUT2D eigenvalue weighted by Crippen LogP contribution is -2.31. The molecule has 2 aromatic carbocycles. The summed E-state index contributed by atoms with van der Waals surface area (Å²) in [6.07, 6.45) is 1.60. The Morgan fingerprint density at radius 2 is 2.07 bits per heavy atom. The number of carbonyl (C=O) groups excluding carboxylic acids is 1. The standard InChI is InChI=1S/C23H15FN4OS/c1-2-3-11-28-19-9-7-17(27-22-15(14-25)5-4-10-26-22)13-21(19)30-20-12-16(24)6-8-18(20)23(28)29/h4-10,12-13H,11H2,1H3,(H,26,27). The fraction of sp³-hybridized carbons (Fsp3) is 0.0870. The van der Waals surface area contributed by atoms with Crippen molar-refractivity contribution < 1.29 is 9.18 Å². The molecule has 0 radical (unpaired) electrons. The average Bonchev–Trinajstić information content (AvgIpc) is 2.86. The minimum absolute atomic E-state index is 0.226. The van der Waals surface area contributed by atoms with Gasteiger partial charge in [-0.3, -0.25) is 9.69 Å². The number of aromatic nitrogens is 1. The molecule has 0 bridgehead atoms. The highest BCUT2D eigenvalue weighted by molar-refractivity contribution is 7.99. The summed E-state index contributed by atoms with van der Waals surface area (Å²) in [6.45, 7) is 1.94. The van der Waals surface area contributed by atoms with Crippen molar-refractivity contribution in [3.8, 4) is 17.9 Å². The number of nitrogens with zero attached hydrogens (tertiary/aromatic N) is 3. The fourth-order valence-corrected chi connectivity index (χ4v) is 4.22. The van der Waals surface area contributed by atoms with Gasteiger partial charge in [0, 0.05) is 21.7 Å². The van der Waals surface area contributed by atoms with Crippen LogP contribution in [0.4, 0.5) is 21.6 Å². The van der Waals surface area contributed by atoms with Gasteiger partial charge in [0.25, 0.3) is 5.91 Å². The zero-order valence-corrected chi connectivity index (χ0v) is 16.8. The van der Waals surface area contributed by atoms with Gasteiger partial charge in [-0.25, -0.2) is 9.37 Å². The average molecular weight is 414 g/mol. The number of pyridine rings is 1. The van der Waals surface area contributed by atoms with Crippen LogP contribution in [-0.4, -0.2) is 17.4 Å². The van der Waals surface area contributed by atoms with Crippen molar-refractivity contribution in [2.75, 3.05) is 16.8 Å². The van der Waals surface area contributed by atoms with Crippen molar-refractivity contribution in [2.45, 2.75) is 16.7 Å². The SMILES string of the molecule is CC#CCN1C(=O)c2ccc(F)cc2Sc2cc(Nc3ncccc3C#N)ccc21. The lowest BCUT2D eigenvalue weighted by atomic mass is 10.1. The molecule has 0 unspecified atom stereocenters. The molecule has 0 saturated carbocycles. The quantitative estimate of drug-likeness (QED) is 0.613. The van der Waals surface area contributed by atoms with Crippen molar-refractivity contribution in [3.05, 3.63) is 71.7 Å². The van der Waals surface area contributed by atoms with Gasteiger partial charge < -0.3 is 5.32 Å². The van der Waals surface area contributed by atoms with E-state index >= 15 is 0 Å². The number of halogens is 1. The highest BCUT2D eigenvalue weighted by atomic mass is 32.2. The molecular formula is C23H15FN4OS. The van der Waals surface area contributed by atoms with Crippen LogP contribution < -0.4 is 10.2 Å². The molecule has 1 aliphatic heterocycles. The smallest absolute Gasteiger partial charge is 0.260 e. The molecule has 0 spiro atoms. The number of rotatable bonds is 3. The number of fused-ring (bicyclic) bond motifs is 2. The Morgan fingerprint density at radius 1 is 1.20 bits per heavy atom. The second-order valence-electron chi connectivity index (χ2n) is 6.38.